The number of benzene rings is 3. The Morgan fingerprint density at radius 3 is 2.17 bits per heavy atom. The summed E-state index contributed by atoms with van der Waals surface area (Å²) >= 11 is 0. The monoisotopic (exact) mass is 458 g/mol. The zero-order valence-corrected chi connectivity index (χ0v) is 20.3. The molecule has 4 heteroatoms. The Morgan fingerprint density at radius 1 is 0.829 bits per heavy atom. The molecule has 1 N–H and O–H groups in total. The molecule has 5 rings (SSSR count). The van der Waals surface area contributed by atoms with Crippen molar-refractivity contribution in [1.82, 2.24) is 14.8 Å². The summed E-state index contributed by atoms with van der Waals surface area (Å²) in [5, 5.41) is 9.41. The fourth-order valence-electron chi connectivity index (χ4n) is 4.45. The Labute approximate surface area is 207 Å². The number of aromatic nitrogens is 3. The number of hydrogen-bond donors (Lipinski definition) is 1. The van der Waals surface area contributed by atoms with Crippen LogP contribution >= 0.6 is 0 Å². The summed E-state index contributed by atoms with van der Waals surface area (Å²) < 4.78 is 2.03. The molecule has 0 atom stereocenters. The highest BCUT2D eigenvalue weighted by Gasteiger charge is 2.16. The predicted molar refractivity (Wildman–Crippen MR) is 146 cm³/mol. The molecule has 0 fully saturated rings. The minimum atomic E-state index is 0.667. The van der Waals surface area contributed by atoms with Gasteiger partial charge in [-0.25, -0.2) is 9.67 Å². The molecule has 2 heterocycles. The normalized spacial score (nSPS) is 11.0. The molecule has 35 heavy (non-hydrogen) atoms. The molecular weight excluding hydrogens is 428 g/mol. The molecule has 5 aromatic rings. The second kappa shape index (κ2) is 9.98. The number of nitrogens with zero attached hydrogens (tertiary/aromatic N) is 3. The van der Waals surface area contributed by atoms with Gasteiger partial charge in [-0.1, -0.05) is 72.8 Å². The standard InChI is InChI=1S/C31H30N4/c1-22(2)29-20-28(19-14-24-10-6-4-7-11-24)33-31-30(29)23(3)34-35(31)21-25-15-17-27(18-16-25)32-26-12-8-5-9-13-26/h4-13,15-18,20,32H,1,14,19,21H2,2-3H3. The van der Waals surface area contributed by atoms with E-state index in [4.69, 9.17) is 10.1 Å². The number of anilines is 2. The van der Waals surface area contributed by atoms with Crippen LogP contribution in [0.3, 0.4) is 0 Å². The van der Waals surface area contributed by atoms with Gasteiger partial charge in [-0.3, -0.25) is 0 Å². The van der Waals surface area contributed by atoms with Gasteiger partial charge in [0, 0.05) is 22.5 Å². The van der Waals surface area contributed by atoms with Crippen LogP contribution in [0.1, 0.15) is 35.0 Å². The van der Waals surface area contributed by atoms with Gasteiger partial charge < -0.3 is 5.32 Å². The molecule has 4 nitrogen and oxygen atoms in total. The number of pyridine rings is 1. The van der Waals surface area contributed by atoms with E-state index in [0.717, 1.165) is 57.8 Å². The number of fused-ring (bicyclic) bond motifs is 1. The Bertz CT molecular complexity index is 1450. The Hall–Kier alpha value is -4.18. The maximum atomic E-state index is 5.07. The molecule has 0 aliphatic rings. The molecule has 0 radical (unpaired) electrons. The first kappa shape index (κ1) is 22.6. The molecule has 0 saturated carbocycles. The maximum Gasteiger partial charge on any atom is 0.159 e. The van der Waals surface area contributed by atoms with Gasteiger partial charge in [0.1, 0.15) is 0 Å². The summed E-state index contributed by atoms with van der Waals surface area (Å²) in [5.41, 5.74) is 9.81. The van der Waals surface area contributed by atoms with Gasteiger partial charge in [-0.05, 0) is 73.7 Å². The Morgan fingerprint density at radius 2 is 1.49 bits per heavy atom. The van der Waals surface area contributed by atoms with Crippen molar-refractivity contribution in [3.63, 3.8) is 0 Å². The third-order valence-corrected chi connectivity index (χ3v) is 6.25. The molecule has 174 valence electrons. The van der Waals surface area contributed by atoms with Crippen LogP contribution < -0.4 is 5.32 Å². The minimum Gasteiger partial charge on any atom is -0.356 e. The third kappa shape index (κ3) is 5.17. The summed E-state index contributed by atoms with van der Waals surface area (Å²) in [5.74, 6) is 0. The van der Waals surface area contributed by atoms with Gasteiger partial charge in [0.25, 0.3) is 0 Å². The van der Waals surface area contributed by atoms with E-state index in [2.05, 4.69) is 98.5 Å². The number of aryl methyl sites for hydroxylation is 3. The molecule has 0 saturated heterocycles. The molecule has 3 aromatic carbocycles. The molecule has 2 aromatic heterocycles. The van der Waals surface area contributed by atoms with E-state index in [9.17, 15) is 0 Å². The average Bonchev–Trinajstić information content (AvgIpc) is 3.19. The second-order valence-electron chi connectivity index (χ2n) is 9.06. The van der Waals surface area contributed by atoms with E-state index in [0.29, 0.717) is 6.54 Å². The smallest absolute Gasteiger partial charge is 0.159 e. The summed E-state index contributed by atoms with van der Waals surface area (Å²) in [7, 11) is 0. The van der Waals surface area contributed by atoms with E-state index in [-0.39, 0.29) is 0 Å². The minimum absolute atomic E-state index is 0.667. The van der Waals surface area contributed by atoms with Crippen LogP contribution in [0, 0.1) is 6.92 Å². The third-order valence-electron chi connectivity index (χ3n) is 6.25. The first-order valence-electron chi connectivity index (χ1n) is 12.0. The lowest BCUT2D eigenvalue weighted by Gasteiger charge is -2.10. The molecule has 0 bridgehead atoms. The highest BCUT2D eigenvalue weighted by Crippen LogP contribution is 2.28. The quantitative estimate of drug-likeness (QED) is 0.264. The first-order chi connectivity index (χ1) is 17.1. The molecule has 0 aliphatic carbocycles. The topological polar surface area (TPSA) is 42.7 Å². The highest BCUT2D eigenvalue weighted by molar-refractivity contribution is 5.91. The molecule has 0 spiro atoms. The van der Waals surface area contributed by atoms with E-state index >= 15 is 0 Å². The predicted octanol–water partition coefficient (Wildman–Crippen LogP) is 7.35. The zero-order chi connectivity index (χ0) is 24.2. The van der Waals surface area contributed by atoms with Crippen molar-refractivity contribution in [3.8, 4) is 0 Å². The summed E-state index contributed by atoms with van der Waals surface area (Å²) in [6.07, 6.45) is 1.84. The van der Waals surface area contributed by atoms with Crippen LogP contribution in [0.25, 0.3) is 16.6 Å². The van der Waals surface area contributed by atoms with E-state index < -0.39 is 0 Å². The van der Waals surface area contributed by atoms with Crippen LogP contribution in [-0.2, 0) is 19.4 Å². The van der Waals surface area contributed by atoms with Gasteiger partial charge >= 0.3 is 0 Å². The Kier molecular flexibility index (Phi) is 6.44. The lowest BCUT2D eigenvalue weighted by molar-refractivity contribution is 0.694. The zero-order valence-electron chi connectivity index (χ0n) is 20.3. The molecule has 0 unspecified atom stereocenters. The number of para-hydroxylation sites is 1. The van der Waals surface area contributed by atoms with Crippen molar-refractivity contribution < 1.29 is 0 Å². The van der Waals surface area contributed by atoms with Gasteiger partial charge in [-0.15, -0.1) is 0 Å². The van der Waals surface area contributed by atoms with E-state index in [1.807, 2.05) is 22.9 Å². The van der Waals surface area contributed by atoms with Crippen molar-refractivity contribution in [3.05, 3.63) is 126 Å². The van der Waals surface area contributed by atoms with Gasteiger partial charge in [-0.2, -0.15) is 5.10 Å². The maximum absolute atomic E-state index is 5.07. The van der Waals surface area contributed by atoms with Crippen LogP contribution in [0.2, 0.25) is 0 Å². The molecular formula is C31H30N4. The van der Waals surface area contributed by atoms with Crippen LogP contribution in [0.15, 0.2) is 97.6 Å². The number of allylic oxidation sites excluding steroid dienone is 1. The lowest BCUT2D eigenvalue weighted by atomic mass is 10.0. The van der Waals surface area contributed by atoms with Crippen LogP contribution in [-0.4, -0.2) is 14.8 Å². The first-order valence-corrected chi connectivity index (χ1v) is 12.0. The Balaban J connectivity index is 1.42. The van der Waals surface area contributed by atoms with Gasteiger partial charge in [0.2, 0.25) is 0 Å². The fourth-order valence-corrected chi connectivity index (χ4v) is 4.45. The fraction of sp³-hybridized carbons (Fsp3) is 0.161. The van der Waals surface area contributed by atoms with Crippen molar-refractivity contribution in [2.24, 2.45) is 0 Å². The summed E-state index contributed by atoms with van der Waals surface area (Å²) in [4.78, 5) is 5.07. The summed E-state index contributed by atoms with van der Waals surface area (Å²) in [6.45, 7) is 9.03. The van der Waals surface area contributed by atoms with E-state index in [1.165, 1.54) is 11.1 Å². The van der Waals surface area contributed by atoms with E-state index in [1.54, 1.807) is 0 Å². The van der Waals surface area contributed by atoms with Crippen LogP contribution in [0.4, 0.5) is 11.4 Å². The lowest BCUT2D eigenvalue weighted by Crippen LogP contribution is -2.05. The number of nitrogens with one attached hydrogen (secondary N) is 1. The second-order valence-corrected chi connectivity index (χ2v) is 9.06. The van der Waals surface area contributed by atoms with Crippen LogP contribution in [0.5, 0.6) is 0 Å². The number of hydrogen-bond acceptors (Lipinski definition) is 3. The van der Waals surface area contributed by atoms with Crippen molar-refractivity contribution in [2.75, 3.05) is 5.32 Å². The number of rotatable bonds is 8. The van der Waals surface area contributed by atoms with Gasteiger partial charge in [0.05, 0.1) is 12.2 Å². The van der Waals surface area contributed by atoms with Gasteiger partial charge in [0.15, 0.2) is 5.65 Å². The largest absolute Gasteiger partial charge is 0.356 e. The SMILES string of the molecule is C=C(C)c1cc(CCc2ccccc2)nc2c1c(C)nn2Cc1ccc(Nc2ccccc2)cc1. The van der Waals surface area contributed by atoms with Crippen molar-refractivity contribution in [1.29, 1.82) is 0 Å². The molecule has 0 amide bonds. The average molecular weight is 459 g/mol. The van der Waals surface area contributed by atoms with Crippen molar-refractivity contribution in [2.45, 2.75) is 33.2 Å². The molecule has 0 aliphatic heterocycles. The summed E-state index contributed by atoms with van der Waals surface area (Å²) in [6, 6.07) is 31.5. The van der Waals surface area contributed by atoms with Crippen molar-refractivity contribution >= 4 is 28.0 Å². The highest BCUT2D eigenvalue weighted by atomic mass is 15.3.